The van der Waals surface area contributed by atoms with Gasteiger partial charge in [0.05, 0.1) is 18.4 Å². The van der Waals surface area contributed by atoms with Crippen LogP contribution in [0.2, 0.25) is 0 Å². The van der Waals surface area contributed by atoms with Gasteiger partial charge in [-0.3, -0.25) is 0 Å². The Balaban J connectivity index is 1.41. The van der Waals surface area contributed by atoms with Crippen molar-refractivity contribution in [3.8, 4) is 17.3 Å². The minimum Gasteiger partial charge on any atom is -0.467 e. The zero-order chi connectivity index (χ0) is 26.4. The Morgan fingerprint density at radius 1 is 1.05 bits per heavy atom. The molecule has 194 valence electrons. The summed E-state index contributed by atoms with van der Waals surface area (Å²) in [5.74, 6) is 0.138. The summed E-state index contributed by atoms with van der Waals surface area (Å²) in [6, 6.07) is 13.1. The van der Waals surface area contributed by atoms with E-state index in [0.29, 0.717) is 34.1 Å². The lowest BCUT2D eigenvalue weighted by Crippen LogP contribution is -2.12. The molecule has 0 aliphatic heterocycles. The van der Waals surface area contributed by atoms with E-state index in [1.165, 1.54) is 35.6 Å². The SMILES string of the molecule is COc1ncc(-c2csc(Nc3ccc(CC(C)CCCc4ccc(C)cc4)c(C(F)(F)F)c3)n2)cn1. The Hall–Kier alpha value is -3.46. The van der Waals surface area contributed by atoms with Gasteiger partial charge >= 0.3 is 12.2 Å². The van der Waals surface area contributed by atoms with Crippen molar-refractivity contribution in [3.63, 3.8) is 0 Å². The number of hydrogen-bond donors (Lipinski definition) is 1. The fourth-order valence-electron chi connectivity index (χ4n) is 4.12. The summed E-state index contributed by atoms with van der Waals surface area (Å²) in [6.07, 6.45) is 1.84. The van der Waals surface area contributed by atoms with Gasteiger partial charge in [0.15, 0.2) is 5.13 Å². The maximum absolute atomic E-state index is 13.9. The number of rotatable bonds is 10. The van der Waals surface area contributed by atoms with E-state index >= 15 is 0 Å². The van der Waals surface area contributed by atoms with Crippen molar-refractivity contribution in [2.24, 2.45) is 5.92 Å². The molecule has 4 rings (SSSR count). The van der Waals surface area contributed by atoms with Crippen LogP contribution >= 0.6 is 11.3 Å². The van der Waals surface area contributed by atoms with Crippen molar-refractivity contribution in [2.75, 3.05) is 12.4 Å². The lowest BCUT2D eigenvalue weighted by atomic mass is 9.92. The number of aromatic nitrogens is 3. The Bertz CT molecular complexity index is 1300. The number of alkyl halides is 3. The van der Waals surface area contributed by atoms with Crippen LogP contribution in [0.3, 0.4) is 0 Å². The maximum atomic E-state index is 13.9. The second-order valence-corrected chi connectivity index (χ2v) is 10.0. The molecule has 2 heterocycles. The number of nitrogens with one attached hydrogen (secondary N) is 1. The van der Waals surface area contributed by atoms with E-state index < -0.39 is 11.7 Å². The third-order valence-corrected chi connectivity index (χ3v) is 6.89. The van der Waals surface area contributed by atoms with E-state index in [1.807, 2.05) is 6.92 Å². The number of methoxy groups -OCH3 is 1. The topological polar surface area (TPSA) is 59.9 Å². The molecule has 0 saturated carbocycles. The zero-order valence-electron chi connectivity index (χ0n) is 21.0. The summed E-state index contributed by atoms with van der Waals surface area (Å²) in [7, 11) is 1.48. The summed E-state index contributed by atoms with van der Waals surface area (Å²) in [5.41, 5.74) is 3.84. The van der Waals surface area contributed by atoms with E-state index in [1.54, 1.807) is 29.9 Å². The van der Waals surface area contributed by atoms with Crippen molar-refractivity contribution in [3.05, 3.63) is 82.5 Å². The van der Waals surface area contributed by atoms with Gasteiger partial charge in [-0.15, -0.1) is 11.3 Å². The fraction of sp³-hybridized carbons (Fsp3) is 0.321. The smallest absolute Gasteiger partial charge is 0.416 e. The van der Waals surface area contributed by atoms with Gasteiger partial charge in [-0.25, -0.2) is 15.0 Å². The van der Waals surface area contributed by atoms with Gasteiger partial charge in [0, 0.05) is 29.0 Å². The zero-order valence-corrected chi connectivity index (χ0v) is 21.8. The van der Waals surface area contributed by atoms with Crippen molar-refractivity contribution in [2.45, 2.75) is 45.7 Å². The van der Waals surface area contributed by atoms with Gasteiger partial charge in [-0.1, -0.05) is 49.2 Å². The predicted molar refractivity (Wildman–Crippen MR) is 141 cm³/mol. The summed E-state index contributed by atoms with van der Waals surface area (Å²) >= 11 is 1.30. The minimum atomic E-state index is -4.44. The summed E-state index contributed by atoms with van der Waals surface area (Å²) < 4.78 is 46.8. The highest BCUT2D eigenvalue weighted by atomic mass is 32.1. The number of thiazole rings is 1. The molecule has 0 amide bonds. The van der Waals surface area contributed by atoms with Crippen LogP contribution in [0.25, 0.3) is 11.3 Å². The maximum Gasteiger partial charge on any atom is 0.416 e. The number of nitrogens with zero attached hydrogens (tertiary/aromatic N) is 3. The molecule has 2 aromatic carbocycles. The van der Waals surface area contributed by atoms with Gasteiger partial charge in [-0.2, -0.15) is 13.2 Å². The molecule has 2 aromatic heterocycles. The van der Waals surface area contributed by atoms with Gasteiger partial charge < -0.3 is 10.1 Å². The Morgan fingerprint density at radius 3 is 2.46 bits per heavy atom. The molecular formula is C28H29F3N4OS. The minimum absolute atomic E-state index is 0.138. The molecule has 0 fully saturated rings. The summed E-state index contributed by atoms with van der Waals surface area (Å²) in [6.45, 7) is 4.07. The molecular weight excluding hydrogens is 497 g/mol. The first-order valence-corrected chi connectivity index (χ1v) is 12.9. The number of anilines is 2. The molecule has 0 bridgehead atoms. The third kappa shape index (κ3) is 7.29. The monoisotopic (exact) mass is 526 g/mol. The third-order valence-electron chi connectivity index (χ3n) is 6.13. The van der Waals surface area contributed by atoms with Gasteiger partial charge in [0.1, 0.15) is 0 Å². The first kappa shape index (κ1) is 26.6. The van der Waals surface area contributed by atoms with Gasteiger partial charge in [0.25, 0.3) is 0 Å². The van der Waals surface area contributed by atoms with Crippen LogP contribution in [0, 0.1) is 12.8 Å². The largest absolute Gasteiger partial charge is 0.467 e. The molecule has 0 saturated heterocycles. The van der Waals surface area contributed by atoms with Crippen LogP contribution in [0.1, 0.15) is 42.0 Å². The van der Waals surface area contributed by atoms with Crippen LogP contribution in [-0.4, -0.2) is 22.1 Å². The highest BCUT2D eigenvalue weighted by Crippen LogP contribution is 2.36. The van der Waals surface area contributed by atoms with Gasteiger partial charge in [0.2, 0.25) is 0 Å². The summed E-state index contributed by atoms with van der Waals surface area (Å²) in [5, 5.41) is 5.29. The molecule has 1 unspecified atom stereocenters. The van der Waals surface area contributed by atoms with Crippen LogP contribution in [0.4, 0.5) is 24.0 Å². The van der Waals surface area contributed by atoms with Crippen LogP contribution < -0.4 is 10.1 Å². The molecule has 9 heteroatoms. The lowest BCUT2D eigenvalue weighted by Gasteiger charge is -2.18. The van der Waals surface area contributed by atoms with Crippen LogP contribution in [-0.2, 0) is 19.0 Å². The van der Waals surface area contributed by atoms with E-state index in [9.17, 15) is 13.2 Å². The van der Waals surface area contributed by atoms with E-state index in [4.69, 9.17) is 4.74 Å². The Labute approximate surface area is 218 Å². The first-order chi connectivity index (χ1) is 17.7. The average Bonchev–Trinajstić information content (AvgIpc) is 3.34. The van der Waals surface area contributed by atoms with Crippen molar-refractivity contribution in [1.29, 1.82) is 0 Å². The van der Waals surface area contributed by atoms with Crippen molar-refractivity contribution < 1.29 is 17.9 Å². The van der Waals surface area contributed by atoms with Crippen molar-refractivity contribution in [1.82, 2.24) is 15.0 Å². The van der Waals surface area contributed by atoms with E-state index in [2.05, 4.69) is 51.5 Å². The first-order valence-electron chi connectivity index (χ1n) is 12.1. The second kappa shape index (κ2) is 11.7. The standard InChI is InChI=1S/C28H29F3N4OS/c1-18-7-9-20(10-8-18)6-4-5-19(2)13-21-11-12-23(14-24(21)28(29,30)31)34-27-35-25(17-37-27)22-15-32-26(36-3)33-16-22/h7-12,14-17,19H,4-6,13H2,1-3H3,(H,34,35). The molecule has 1 atom stereocenters. The van der Waals surface area contributed by atoms with Gasteiger partial charge in [-0.05, 0) is 55.4 Å². The molecule has 37 heavy (non-hydrogen) atoms. The quantitative estimate of drug-likeness (QED) is 0.228. The van der Waals surface area contributed by atoms with Crippen LogP contribution in [0.5, 0.6) is 6.01 Å². The number of aryl methyl sites for hydroxylation is 2. The highest BCUT2D eigenvalue weighted by molar-refractivity contribution is 7.14. The number of benzene rings is 2. The second-order valence-electron chi connectivity index (χ2n) is 9.18. The fourth-order valence-corrected chi connectivity index (χ4v) is 4.86. The van der Waals surface area contributed by atoms with Crippen molar-refractivity contribution >= 4 is 22.2 Å². The lowest BCUT2D eigenvalue weighted by molar-refractivity contribution is -0.138. The normalized spacial score (nSPS) is 12.4. The molecule has 0 aliphatic carbocycles. The molecule has 0 radical (unpaired) electrons. The Morgan fingerprint density at radius 2 is 1.78 bits per heavy atom. The van der Waals surface area contributed by atoms with Crippen LogP contribution in [0.15, 0.2) is 60.2 Å². The molecule has 0 aliphatic rings. The van der Waals surface area contributed by atoms with E-state index in [-0.39, 0.29) is 11.9 Å². The average molecular weight is 527 g/mol. The van der Waals surface area contributed by atoms with E-state index in [0.717, 1.165) is 19.3 Å². The molecule has 0 spiro atoms. The molecule has 1 N–H and O–H groups in total. The predicted octanol–water partition coefficient (Wildman–Crippen LogP) is 7.88. The molecule has 4 aromatic rings. The number of hydrogen-bond acceptors (Lipinski definition) is 6. The number of ether oxygens (including phenoxy) is 1. The molecule has 5 nitrogen and oxygen atoms in total. The Kier molecular flexibility index (Phi) is 8.43. The summed E-state index contributed by atoms with van der Waals surface area (Å²) in [4.78, 5) is 12.6. The number of halogens is 3. The highest BCUT2D eigenvalue weighted by Gasteiger charge is 2.34.